The van der Waals surface area contributed by atoms with Gasteiger partial charge in [0, 0.05) is 50.2 Å². The van der Waals surface area contributed by atoms with Gasteiger partial charge in [0.05, 0.1) is 33.6 Å². The van der Waals surface area contributed by atoms with Crippen molar-refractivity contribution in [1.82, 2.24) is 19.4 Å². The van der Waals surface area contributed by atoms with Crippen LogP contribution in [0.5, 0.6) is 0 Å². The van der Waals surface area contributed by atoms with Gasteiger partial charge in [0.1, 0.15) is 0 Å². The molecule has 1 unspecified atom stereocenters. The van der Waals surface area contributed by atoms with Crippen LogP contribution < -0.4 is 4.90 Å². The Morgan fingerprint density at radius 2 is 1.72 bits per heavy atom. The van der Waals surface area contributed by atoms with E-state index in [9.17, 15) is 10.1 Å². The summed E-state index contributed by atoms with van der Waals surface area (Å²) in [6.45, 7) is 6.63. The molecular formula is C34H36Cl2N6O. The molecular weight excluding hydrogens is 579 g/mol. The maximum Gasteiger partial charge on any atom is 0.253 e. The summed E-state index contributed by atoms with van der Waals surface area (Å²) in [5.74, 6) is 1.03. The number of aromatic nitrogens is 2. The van der Waals surface area contributed by atoms with Crippen molar-refractivity contribution >= 4 is 46.1 Å². The molecule has 0 bridgehead atoms. The summed E-state index contributed by atoms with van der Waals surface area (Å²) in [6, 6.07) is 26.0. The second-order valence-corrected chi connectivity index (χ2v) is 12.5. The van der Waals surface area contributed by atoms with Crippen molar-refractivity contribution in [2.24, 2.45) is 0 Å². The number of nitriles is 1. The van der Waals surface area contributed by atoms with E-state index < -0.39 is 0 Å². The van der Waals surface area contributed by atoms with E-state index >= 15 is 0 Å². The Hall–Kier alpha value is -3.57. The third-order valence-corrected chi connectivity index (χ3v) is 9.79. The number of carbonyl (C=O) groups is 1. The molecule has 3 aromatic carbocycles. The molecule has 2 aliphatic heterocycles. The average Bonchev–Trinajstić information content (AvgIpc) is 3.55. The number of fused-ring (bicyclic) bond motifs is 1. The summed E-state index contributed by atoms with van der Waals surface area (Å²) in [7, 11) is 0. The third kappa shape index (κ3) is 6.24. The van der Waals surface area contributed by atoms with Gasteiger partial charge in [-0.15, -0.1) is 0 Å². The first-order chi connectivity index (χ1) is 21.0. The molecule has 0 radical (unpaired) electrons. The molecule has 1 aromatic heterocycles. The topological polar surface area (TPSA) is 68.4 Å². The quantitative estimate of drug-likeness (QED) is 0.222. The number of halogens is 2. The molecule has 2 aliphatic rings. The van der Waals surface area contributed by atoms with Crippen molar-refractivity contribution in [3.05, 3.63) is 94.0 Å². The van der Waals surface area contributed by atoms with Crippen LogP contribution in [0.25, 0.3) is 11.0 Å². The Balaban J connectivity index is 1.18. The van der Waals surface area contributed by atoms with Gasteiger partial charge in [-0.1, -0.05) is 59.6 Å². The fourth-order valence-corrected chi connectivity index (χ4v) is 6.97. The average molecular weight is 616 g/mol. The van der Waals surface area contributed by atoms with E-state index in [-0.39, 0.29) is 11.3 Å². The second-order valence-electron chi connectivity index (χ2n) is 11.6. The first-order valence-electron chi connectivity index (χ1n) is 15.1. The first-order valence-corrected chi connectivity index (χ1v) is 15.8. The Morgan fingerprint density at radius 3 is 2.53 bits per heavy atom. The molecule has 2 fully saturated rings. The number of likely N-dealkylation sites (tertiary alicyclic amines) is 1. The molecule has 222 valence electrons. The number of anilines is 1. The van der Waals surface area contributed by atoms with Crippen molar-refractivity contribution < 1.29 is 4.79 Å². The fraction of sp³-hybridized carbons (Fsp3) is 0.382. The minimum atomic E-state index is -0.198. The van der Waals surface area contributed by atoms with Crippen molar-refractivity contribution in [2.45, 2.75) is 37.6 Å². The Morgan fingerprint density at radius 1 is 0.907 bits per heavy atom. The smallest absolute Gasteiger partial charge is 0.253 e. The van der Waals surface area contributed by atoms with E-state index in [1.54, 1.807) is 0 Å². The minimum absolute atomic E-state index is 0.0761. The van der Waals surface area contributed by atoms with Crippen LogP contribution in [0.4, 0.5) is 5.95 Å². The number of nitrogens with zero attached hydrogens (tertiary/aromatic N) is 6. The summed E-state index contributed by atoms with van der Waals surface area (Å²) in [4.78, 5) is 25.3. The Kier molecular flexibility index (Phi) is 8.90. The predicted octanol–water partition coefficient (Wildman–Crippen LogP) is 6.64. The molecule has 0 saturated carbocycles. The summed E-state index contributed by atoms with van der Waals surface area (Å²) < 4.78 is 2.20. The molecule has 43 heavy (non-hydrogen) atoms. The van der Waals surface area contributed by atoms with Gasteiger partial charge < -0.3 is 19.3 Å². The van der Waals surface area contributed by atoms with Crippen LogP contribution >= 0.6 is 23.2 Å². The molecule has 2 saturated heterocycles. The Bertz CT molecular complexity index is 1630. The summed E-state index contributed by atoms with van der Waals surface area (Å²) >= 11 is 12.8. The van der Waals surface area contributed by atoms with Crippen LogP contribution in [0.15, 0.2) is 72.8 Å². The lowest BCUT2D eigenvalue weighted by atomic mass is 9.76. The highest BCUT2D eigenvalue weighted by molar-refractivity contribution is 6.42. The Labute approximate surface area is 263 Å². The SMILES string of the molecule is N#CCCn1c(N2CCCN(CCC3(c4ccc(Cl)c(Cl)c4)CCN(C(=O)c4ccccc4)C3)CC2)nc2ccccc21. The maximum atomic E-state index is 13.4. The van der Waals surface area contributed by atoms with E-state index in [0.29, 0.717) is 36.1 Å². The molecule has 1 atom stereocenters. The molecule has 6 rings (SSSR count). The normalized spacial score (nSPS) is 19.5. The van der Waals surface area contributed by atoms with Gasteiger partial charge in [0.2, 0.25) is 5.95 Å². The van der Waals surface area contributed by atoms with Crippen LogP contribution in [0.1, 0.15) is 41.6 Å². The number of imidazole rings is 1. The monoisotopic (exact) mass is 614 g/mol. The molecule has 0 aliphatic carbocycles. The number of rotatable bonds is 8. The van der Waals surface area contributed by atoms with Crippen molar-refractivity contribution in [3.63, 3.8) is 0 Å². The van der Waals surface area contributed by atoms with Gasteiger partial charge in [-0.2, -0.15) is 5.26 Å². The van der Waals surface area contributed by atoms with Gasteiger partial charge in [0.15, 0.2) is 0 Å². The van der Waals surface area contributed by atoms with Gasteiger partial charge in [0.25, 0.3) is 5.91 Å². The van der Waals surface area contributed by atoms with Crippen molar-refractivity contribution in [2.75, 3.05) is 50.7 Å². The lowest BCUT2D eigenvalue weighted by Crippen LogP contribution is -2.39. The van der Waals surface area contributed by atoms with Crippen LogP contribution in [0.3, 0.4) is 0 Å². The van der Waals surface area contributed by atoms with Crippen LogP contribution in [0, 0.1) is 11.3 Å². The molecule has 9 heteroatoms. The molecule has 3 heterocycles. The molecule has 4 aromatic rings. The van der Waals surface area contributed by atoms with E-state index in [1.807, 2.05) is 65.6 Å². The second kappa shape index (κ2) is 13.0. The van der Waals surface area contributed by atoms with Crippen LogP contribution in [-0.2, 0) is 12.0 Å². The number of hydrogen-bond donors (Lipinski definition) is 0. The summed E-state index contributed by atoms with van der Waals surface area (Å²) in [5, 5.41) is 10.4. The van der Waals surface area contributed by atoms with Gasteiger partial charge in [-0.25, -0.2) is 4.98 Å². The van der Waals surface area contributed by atoms with Gasteiger partial charge >= 0.3 is 0 Å². The van der Waals surface area contributed by atoms with E-state index in [2.05, 4.69) is 32.6 Å². The first kappa shape index (κ1) is 29.5. The van der Waals surface area contributed by atoms with Gasteiger partial charge in [-0.05, 0) is 74.3 Å². The summed E-state index contributed by atoms with van der Waals surface area (Å²) in [6.07, 6.45) is 3.28. The zero-order valence-electron chi connectivity index (χ0n) is 24.3. The lowest BCUT2D eigenvalue weighted by molar-refractivity contribution is 0.0781. The highest BCUT2D eigenvalue weighted by atomic mass is 35.5. The van der Waals surface area contributed by atoms with Gasteiger partial charge in [-0.3, -0.25) is 4.79 Å². The maximum absolute atomic E-state index is 13.4. The predicted molar refractivity (Wildman–Crippen MR) is 173 cm³/mol. The molecule has 0 spiro atoms. The van der Waals surface area contributed by atoms with E-state index in [0.717, 1.165) is 80.1 Å². The third-order valence-electron chi connectivity index (χ3n) is 9.05. The highest BCUT2D eigenvalue weighted by Gasteiger charge is 2.42. The standard InChI is InChI=1S/C34H36Cl2N6O/c35-28-13-12-27(24-29(28)36)34(15-21-41(25-34)32(43)26-8-2-1-3-9-26)14-20-39-17-7-18-40(23-22-39)33-38-30-10-4-5-11-31(30)42(33)19-6-16-37/h1-5,8-13,24H,6-7,14-15,17-23,25H2. The van der Waals surface area contributed by atoms with E-state index in [1.165, 1.54) is 0 Å². The zero-order valence-corrected chi connectivity index (χ0v) is 25.8. The number of benzene rings is 3. The van der Waals surface area contributed by atoms with Crippen LogP contribution in [-0.4, -0.2) is 71.1 Å². The largest absolute Gasteiger partial charge is 0.341 e. The number of amides is 1. The number of hydrogen-bond acceptors (Lipinski definition) is 5. The van der Waals surface area contributed by atoms with Crippen LogP contribution in [0.2, 0.25) is 10.0 Å². The van der Waals surface area contributed by atoms with Crippen molar-refractivity contribution in [1.29, 1.82) is 5.26 Å². The highest BCUT2D eigenvalue weighted by Crippen LogP contribution is 2.41. The minimum Gasteiger partial charge on any atom is -0.341 e. The van der Waals surface area contributed by atoms with E-state index in [4.69, 9.17) is 28.2 Å². The molecule has 7 nitrogen and oxygen atoms in total. The number of carbonyl (C=O) groups excluding carboxylic acids is 1. The number of para-hydroxylation sites is 2. The zero-order chi connectivity index (χ0) is 29.8. The molecule has 1 amide bonds. The van der Waals surface area contributed by atoms with Crippen molar-refractivity contribution in [3.8, 4) is 6.07 Å². The fourth-order valence-electron chi connectivity index (χ4n) is 6.67. The lowest BCUT2D eigenvalue weighted by Gasteiger charge is -2.33. The summed E-state index contributed by atoms with van der Waals surface area (Å²) in [5.41, 5.74) is 3.72. The number of aryl methyl sites for hydroxylation is 1. The molecule has 0 N–H and O–H groups in total.